The third-order valence-corrected chi connectivity index (χ3v) is 3.50. The molecule has 0 spiro atoms. The largest absolute Gasteiger partial charge is 0.396 e. The van der Waals surface area contributed by atoms with Crippen molar-refractivity contribution in [2.75, 3.05) is 13.2 Å². The van der Waals surface area contributed by atoms with Crippen LogP contribution in [0.2, 0.25) is 0 Å². The minimum absolute atomic E-state index is 0.0599. The number of aliphatic hydroxyl groups excluding tert-OH is 1. The van der Waals surface area contributed by atoms with Crippen molar-refractivity contribution in [1.29, 1.82) is 0 Å². The highest BCUT2D eigenvalue weighted by Crippen LogP contribution is 2.12. The smallest absolute Gasteiger partial charge is 0.254 e. The molecule has 1 heterocycles. The van der Waals surface area contributed by atoms with Crippen LogP contribution in [0.4, 0.5) is 0 Å². The van der Waals surface area contributed by atoms with Crippen LogP contribution in [-0.4, -0.2) is 28.5 Å². The molecule has 0 aliphatic carbocycles. The lowest BCUT2D eigenvalue weighted by molar-refractivity contribution is 0.0942. The van der Waals surface area contributed by atoms with E-state index in [4.69, 9.17) is 5.11 Å². The molecule has 0 saturated carbocycles. The van der Waals surface area contributed by atoms with E-state index in [1.807, 2.05) is 6.92 Å². The Morgan fingerprint density at radius 2 is 2.35 bits per heavy atom. The molecule has 0 aromatic carbocycles. The number of carbonyl (C=O) groups excluding carboxylic acids is 1. The minimum atomic E-state index is -0.0599. The van der Waals surface area contributed by atoms with E-state index in [9.17, 15) is 4.79 Å². The molecule has 0 saturated heterocycles. The zero-order valence-electron chi connectivity index (χ0n) is 10.4. The molecule has 0 fully saturated rings. The van der Waals surface area contributed by atoms with Gasteiger partial charge in [0, 0.05) is 18.5 Å². The Labute approximate surface area is 106 Å². The minimum Gasteiger partial charge on any atom is -0.396 e. The number of amides is 1. The summed E-state index contributed by atoms with van der Waals surface area (Å²) in [6, 6.07) is 0. The van der Waals surface area contributed by atoms with Crippen LogP contribution in [0.1, 0.15) is 42.2 Å². The zero-order chi connectivity index (χ0) is 12.7. The number of nitrogens with zero attached hydrogens (tertiary/aromatic N) is 1. The Balaban J connectivity index is 2.43. The van der Waals surface area contributed by atoms with Crippen molar-refractivity contribution >= 4 is 17.4 Å². The van der Waals surface area contributed by atoms with Gasteiger partial charge in [0.25, 0.3) is 5.91 Å². The third-order valence-electron chi connectivity index (χ3n) is 2.78. The fourth-order valence-corrected chi connectivity index (χ4v) is 2.47. The van der Waals surface area contributed by atoms with E-state index in [0.29, 0.717) is 18.0 Å². The second kappa shape index (κ2) is 7.40. The molecule has 17 heavy (non-hydrogen) atoms. The number of carbonyl (C=O) groups is 1. The van der Waals surface area contributed by atoms with Crippen molar-refractivity contribution in [3.8, 4) is 0 Å². The van der Waals surface area contributed by atoms with Crippen molar-refractivity contribution in [2.24, 2.45) is 5.92 Å². The van der Waals surface area contributed by atoms with Crippen LogP contribution in [0.25, 0.3) is 0 Å². The number of nitrogens with one attached hydrogen (secondary N) is 1. The lowest BCUT2D eigenvalue weighted by Gasteiger charge is -2.15. The van der Waals surface area contributed by atoms with Gasteiger partial charge in [-0.1, -0.05) is 13.3 Å². The highest BCUT2D eigenvalue weighted by molar-refractivity contribution is 7.03. The van der Waals surface area contributed by atoms with Crippen LogP contribution in [0.5, 0.6) is 0 Å². The number of aryl methyl sites for hydroxylation is 1. The molecule has 0 bridgehead atoms. The topological polar surface area (TPSA) is 62.2 Å². The summed E-state index contributed by atoms with van der Waals surface area (Å²) >= 11 is 1.30. The van der Waals surface area contributed by atoms with Crippen LogP contribution < -0.4 is 5.32 Å². The summed E-state index contributed by atoms with van der Waals surface area (Å²) in [7, 11) is 0. The fourth-order valence-electron chi connectivity index (χ4n) is 1.78. The molecule has 1 aromatic heterocycles. The maximum atomic E-state index is 11.8. The lowest BCUT2D eigenvalue weighted by atomic mass is 10.00. The second-order valence-electron chi connectivity index (χ2n) is 4.19. The first-order valence-electron chi connectivity index (χ1n) is 5.99. The third kappa shape index (κ3) is 4.44. The molecule has 1 aromatic rings. The molecule has 0 radical (unpaired) electrons. The van der Waals surface area contributed by atoms with Gasteiger partial charge in [0.15, 0.2) is 0 Å². The summed E-state index contributed by atoms with van der Waals surface area (Å²) in [6.07, 6.45) is 2.84. The second-order valence-corrected chi connectivity index (χ2v) is 4.82. The molecule has 2 N–H and O–H groups in total. The quantitative estimate of drug-likeness (QED) is 0.784. The first-order valence-corrected chi connectivity index (χ1v) is 6.82. The van der Waals surface area contributed by atoms with Gasteiger partial charge in [0.05, 0.1) is 11.3 Å². The Hall–Kier alpha value is -0.940. The molecule has 0 aliphatic rings. The molecule has 4 nitrogen and oxygen atoms in total. The SMILES string of the molecule is CCCC(CCO)CNC(=O)c1csnc1C. The Morgan fingerprint density at radius 1 is 1.59 bits per heavy atom. The van der Waals surface area contributed by atoms with Gasteiger partial charge in [-0.2, -0.15) is 4.37 Å². The standard InChI is InChI=1S/C12H20N2O2S/c1-3-4-10(5-6-15)7-13-12(16)11-8-17-14-9(11)2/h8,10,15H,3-7H2,1-2H3,(H,13,16). The molecule has 1 amide bonds. The number of rotatable bonds is 7. The Morgan fingerprint density at radius 3 is 2.88 bits per heavy atom. The van der Waals surface area contributed by atoms with Crippen LogP contribution in [-0.2, 0) is 0 Å². The molecule has 1 rings (SSSR count). The Kier molecular flexibility index (Phi) is 6.15. The summed E-state index contributed by atoms with van der Waals surface area (Å²) in [5, 5.41) is 13.6. The maximum Gasteiger partial charge on any atom is 0.254 e. The molecular formula is C12H20N2O2S. The molecule has 1 atom stereocenters. The van der Waals surface area contributed by atoms with E-state index in [0.717, 1.165) is 25.0 Å². The van der Waals surface area contributed by atoms with E-state index in [1.54, 1.807) is 5.38 Å². The van der Waals surface area contributed by atoms with Crippen molar-refractivity contribution < 1.29 is 9.90 Å². The van der Waals surface area contributed by atoms with Gasteiger partial charge in [-0.3, -0.25) is 4.79 Å². The van der Waals surface area contributed by atoms with E-state index in [2.05, 4.69) is 16.6 Å². The lowest BCUT2D eigenvalue weighted by Crippen LogP contribution is -2.30. The van der Waals surface area contributed by atoms with Gasteiger partial charge >= 0.3 is 0 Å². The zero-order valence-corrected chi connectivity index (χ0v) is 11.2. The molecule has 96 valence electrons. The average molecular weight is 256 g/mol. The fraction of sp³-hybridized carbons (Fsp3) is 0.667. The van der Waals surface area contributed by atoms with Crippen molar-refractivity contribution in [2.45, 2.75) is 33.1 Å². The van der Waals surface area contributed by atoms with Gasteiger partial charge in [-0.05, 0) is 37.2 Å². The summed E-state index contributed by atoms with van der Waals surface area (Å²) in [5.74, 6) is 0.302. The summed E-state index contributed by atoms with van der Waals surface area (Å²) in [6.45, 7) is 4.75. The number of aliphatic hydroxyl groups is 1. The molecular weight excluding hydrogens is 236 g/mol. The highest BCUT2D eigenvalue weighted by Gasteiger charge is 2.13. The monoisotopic (exact) mass is 256 g/mol. The highest BCUT2D eigenvalue weighted by atomic mass is 32.1. The average Bonchev–Trinajstić information content (AvgIpc) is 2.72. The summed E-state index contributed by atoms with van der Waals surface area (Å²) < 4.78 is 4.08. The van der Waals surface area contributed by atoms with Crippen LogP contribution in [0.15, 0.2) is 5.38 Å². The van der Waals surface area contributed by atoms with Crippen LogP contribution >= 0.6 is 11.5 Å². The van der Waals surface area contributed by atoms with E-state index in [-0.39, 0.29) is 12.5 Å². The predicted octanol–water partition coefficient (Wildman–Crippen LogP) is 1.98. The van der Waals surface area contributed by atoms with Gasteiger partial charge in [0.2, 0.25) is 0 Å². The first kappa shape index (κ1) is 14.1. The number of aromatic nitrogens is 1. The van der Waals surface area contributed by atoms with E-state index in [1.165, 1.54) is 11.5 Å². The van der Waals surface area contributed by atoms with Crippen molar-refractivity contribution in [3.63, 3.8) is 0 Å². The van der Waals surface area contributed by atoms with Crippen molar-refractivity contribution in [3.05, 3.63) is 16.6 Å². The number of hydrogen-bond donors (Lipinski definition) is 2. The molecule has 0 aliphatic heterocycles. The maximum absolute atomic E-state index is 11.8. The van der Waals surface area contributed by atoms with Gasteiger partial charge in [0.1, 0.15) is 0 Å². The van der Waals surface area contributed by atoms with E-state index < -0.39 is 0 Å². The van der Waals surface area contributed by atoms with Gasteiger partial charge < -0.3 is 10.4 Å². The molecule has 5 heteroatoms. The summed E-state index contributed by atoms with van der Waals surface area (Å²) in [5.41, 5.74) is 1.44. The van der Waals surface area contributed by atoms with Crippen LogP contribution in [0, 0.1) is 12.8 Å². The van der Waals surface area contributed by atoms with Gasteiger partial charge in [-0.15, -0.1) is 0 Å². The van der Waals surface area contributed by atoms with Gasteiger partial charge in [-0.25, -0.2) is 0 Å². The van der Waals surface area contributed by atoms with E-state index >= 15 is 0 Å². The summed E-state index contributed by atoms with van der Waals surface area (Å²) in [4.78, 5) is 11.8. The molecule has 1 unspecified atom stereocenters. The number of hydrogen-bond acceptors (Lipinski definition) is 4. The first-order chi connectivity index (χ1) is 8.19. The van der Waals surface area contributed by atoms with Crippen molar-refractivity contribution in [1.82, 2.24) is 9.69 Å². The normalized spacial score (nSPS) is 12.4. The van der Waals surface area contributed by atoms with Crippen LogP contribution in [0.3, 0.4) is 0 Å². The Bertz CT molecular complexity index is 346. The predicted molar refractivity (Wildman–Crippen MR) is 69.3 cm³/mol.